The minimum atomic E-state index is -0.491. The van der Waals surface area contributed by atoms with E-state index in [1.165, 1.54) is 11.1 Å². The summed E-state index contributed by atoms with van der Waals surface area (Å²) in [5.41, 5.74) is 7.93. The molecular weight excluding hydrogens is 320 g/mol. The highest BCUT2D eigenvalue weighted by Gasteiger charge is 2.16. The second kappa shape index (κ2) is 7.09. The molecule has 0 heterocycles. The molecule has 1 rings (SSSR count). The largest absolute Gasteiger partial charge is 0.444 e. The van der Waals surface area contributed by atoms with Crippen LogP contribution in [0.4, 0.5) is 4.79 Å². The third kappa shape index (κ3) is 6.39. The predicted molar refractivity (Wildman–Crippen MR) is 84.8 cm³/mol. The van der Waals surface area contributed by atoms with E-state index in [9.17, 15) is 4.79 Å². The van der Waals surface area contributed by atoms with Gasteiger partial charge in [-0.2, -0.15) is 0 Å². The summed E-state index contributed by atoms with van der Waals surface area (Å²) in [7, 11) is 0. The summed E-state index contributed by atoms with van der Waals surface area (Å²) in [6.07, 6.45) is 0.278. The monoisotopic (exact) mass is 342 g/mol. The number of halogens is 1. The number of benzene rings is 1. The highest BCUT2D eigenvalue weighted by molar-refractivity contribution is 9.10. The van der Waals surface area contributed by atoms with Gasteiger partial charge in [-0.25, -0.2) is 4.79 Å². The van der Waals surface area contributed by atoms with E-state index in [1.54, 1.807) is 0 Å². The lowest BCUT2D eigenvalue weighted by molar-refractivity contribution is 0.0524. The second-order valence-corrected chi connectivity index (χ2v) is 6.83. The third-order valence-corrected chi connectivity index (χ3v) is 3.19. The summed E-state index contributed by atoms with van der Waals surface area (Å²) in [6, 6.07) is 5.97. The molecule has 1 aromatic rings. The van der Waals surface area contributed by atoms with Crippen LogP contribution in [0.15, 0.2) is 22.7 Å². The smallest absolute Gasteiger partial charge is 0.407 e. The van der Waals surface area contributed by atoms with Gasteiger partial charge in [0.15, 0.2) is 0 Å². The van der Waals surface area contributed by atoms with Crippen molar-refractivity contribution in [2.24, 2.45) is 5.73 Å². The zero-order valence-electron chi connectivity index (χ0n) is 12.5. The van der Waals surface area contributed by atoms with E-state index in [2.05, 4.69) is 34.2 Å². The Balaban J connectivity index is 2.46. The average Bonchev–Trinajstić information content (AvgIpc) is 2.29. The fourth-order valence-corrected chi connectivity index (χ4v) is 2.15. The summed E-state index contributed by atoms with van der Waals surface area (Å²) >= 11 is 3.45. The third-order valence-electron chi connectivity index (χ3n) is 2.70. The van der Waals surface area contributed by atoms with Crippen LogP contribution in [0.1, 0.15) is 31.9 Å². The molecule has 0 fully saturated rings. The molecule has 4 nitrogen and oxygen atoms in total. The van der Waals surface area contributed by atoms with Gasteiger partial charge < -0.3 is 15.8 Å². The van der Waals surface area contributed by atoms with Gasteiger partial charge in [-0.3, -0.25) is 0 Å². The molecule has 0 radical (unpaired) electrons. The molecule has 0 spiro atoms. The van der Waals surface area contributed by atoms with Crippen molar-refractivity contribution in [2.45, 2.75) is 45.8 Å². The molecule has 0 bridgehead atoms. The van der Waals surface area contributed by atoms with Gasteiger partial charge in [0.2, 0.25) is 0 Å². The lowest BCUT2D eigenvalue weighted by atomic mass is 10.0. The maximum Gasteiger partial charge on any atom is 0.407 e. The Morgan fingerprint density at radius 2 is 2.10 bits per heavy atom. The van der Waals surface area contributed by atoms with E-state index < -0.39 is 11.7 Å². The van der Waals surface area contributed by atoms with Crippen LogP contribution in [-0.2, 0) is 11.2 Å². The van der Waals surface area contributed by atoms with Gasteiger partial charge in [-0.05, 0) is 57.4 Å². The zero-order valence-corrected chi connectivity index (χ0v) is 14.1. The van der Waals surface area contributed by atoms with Gasteiger partial charge in [-0.1, -0.05) is 22.0 Å². The standard InChI is InChI=1S/C15H23BrN2O2/c1-10-5-6-12(16)7-11(10)8-13(17)9-18-14(19)20-15(2,3)4/h5-7,13H,8-9,17H2,1-4H3,(H,18,19). The predicted octanol–water partition coefficient (Wildman–Crippen LogP) is 3.15. The number of alkyl carbamates (subject to hydrolysis) is 1. The molecule has 0 aliphatic rings. The molecule has 0 saturated heterocycles. The molecule has 1 unspecified atom stereocenters. The van der Waals surface area contributed by atoms with Crippen molar-refractivity contribution >= 4 is 22.0 Å². The Labute approximate surface area is 129 Å². The van der Waals surface area contributed by atoms with Gasteiger partial charge in [0.1, 0.15) is 5.60 Å². The lowest BCUT2D eigenvalue weighted by Crippen LogP contribution is -2.41. The van der Waals surface area contributed by atoms with Gasteiger partial charge in [-0.15, -0.1) is 0 Å². The second-order valence-electron chi connectivity index (χ2n) is 5.92. The van der Waals surface area contributed by atoms with Crippen molar-refractivity contribution < 1.29 is 9.53 Å². The van der Waals surface area contributed by atoms with E-state index in [-0.39, 0.29) is 6.04 Å². The summed E-state index contributed by atoms with van der Waals surface area (Å²) in [5.74, 6) is 0. The first-order valence-corrected chi connectivity index (χ1v) is 7.44. The Kier molecular flexibility index (Phi) is 6.02. The first kappa shape index (κ1) is 17.0. The van der Waals surface area contributed by atoms with Crippen molar-refractivity contribution in [3.63, 3.8) is 0 Å². The molecule has 20 heavy (non-hydrogen) atoms. The quantitative estimate of drug-likeness (QED) is 0.883. The van der Waals surface area contributed by atoms with Gasteiger partial charge >= 0.3 is 6.09 Å². The summed E-state index contributed by atoms with van der Waals surface area (Å²) in [5, 5.41) is 2.70. The van der Waals surface area contributed by atoms with Gasteiger partial charge in [0.05, 0.1) is 0 Å². The van der Waals surface area contributed by atoms with Crippen LogP contribution < -0.4 is 11.1 Å². The number of aryl methyl sites for hydroxylation is 1. The van der Waals surface area contributed by atoms with Crippen LogP contribution in [-0.4, -0.2) is 24.3 Å². The summed E-state index contributed by atoms with van der Waals surface area (Å²) in [4.78, 5) is 11.5. The highest BCUT2D eigenvalue weighted by atomic mass is 79.9. The first-order chi connectivity index (χ1) is 9.17. The molecule has 1 atom stereocenters. The van der Waals surface area contributed by atoms with Crippen molar-refractivity contribution in [2.75, 3.05) is 6.54 Å². The van der Waals surface area contributed by atoms with E-state index in [4.69, 9.17) is 10.5 Å². The summed E-state index contributed by atoms with van der Waals surface area (Å²) in [6.45, 7) is 7.93. The van der Waals surface area contributed by atoms with E-state index in [0.29, 0.717) is 13.0 Å². The van der Waals surface area contributed by atoms with Gasteiger partial charge in [0.25, 0.3) is 0 Å². The van der Waals surface area contributed by atoms with Crippen LogP contribution >= 0.6 is 15.9 Å². The number of hydrogen-bond donors (Lipinski definition) is 2. The number of carbonyl (C=O) groups excluding carboxylic acids is 1. The topological polar surface area (TPSA) is 64.3 Å². The molecule has 0 saturated carbocycles. The van der Waals surface area contributed by atoms with E-state index in [0.717, 1.165) is 4.47 Å². The number of hydrogen-bond acceptors (Lipinski definition) is 3. The van der Waals surface area contributed by atoms with Gasteiger partial charge in [0, 0.05) is 17.1 Å². The molecule has 0 aliphatic carbocycles. The molecule has 3 N–H and O–H groups in total. The van der Waals surface area contributed by atoms with Crippen LogP contribution in [0.25, 0.3) is 0 Å². The molecular formula is C15H23BrN2O2. The van der Waals surface area contributed by atoms with Crippen molar-refractivity contribution in [1.82, 2.24) is 5.32 Å². The maximum atomic E-state index is 11.5. The normalized spacial score (nSPS) is 12.9. The van der Waals surface area contributed by atoms with Crippen LogP contribution in [0.3, 0.4) is 0 Å². The molecule has 0 aromatic heterocycles. The lowest BCUT2D eigenvalue weighted by Gasteiger charge is -2.21. The molecule has 5 heteroatoms. The van der Waals surface area contributed by atoms with Crippen molar-refractivity contribution in [3.8, 4) is 0 Å². The van der Waals surface area contributed by atoms with Crippen LogP contribution in [0, 0.1) is 6.92 Å². The minimum Gasteiger partial charge on any atom is -0.444 e. The highest BCUT2D eigenvalue weighted by Crippen LogP contribution is 2.17. The SMILES string of the molecule is Cc1ccc(Br)cc1CC(N)CNC(=O)OC(C)(C)C. The van der Waals surface area contributed by atoms with Crippen molar-refractivity contribution in [3.05, 3.63) is 33.8 Å². The Hall–Kier alpha value is -1.07. The number of amides is 1. The zero-order chi connectivity index (χ0) is 15.3. The number of carbonyl (C=O) groups is 1. The van der Waals surface area contributed by atoms with E-state index >= 15 is 0 Å². The van der Waals surface area contributed by atoms with Crippen LogP contribution in [0.5, 0.6) is 0 Å². The number of nitrogens with two attached hydrogens (primary N) is 1. The summed E-state index contributed by atoms with van der Waals surface area (Å²) < 4.78 is 6.20. The molecule has 1 aromatic carbocycles. The number of rotatable bonds is 4. The Morgan fingerprint density at radius 3 is 2.70 bits per heavy atom. The Morgan fingerprint density at radius 1 is 1.45 bits per heavy atom. The molecule has 112 valence electrons. The Bertz CT molecular complexity index is 469. The molecule has 0 aliphatic heterocycles. The fourth-order valence-electron chi connectivity index (χ4n) is 1.74. The minimum absolute atomic E-state index is 0.143. The average molecular weight is 343 g/mol. The number of nitrogens with one attached hydrogen (secondary N) is 1. The molecule has 1 amide bonds. The van der Waals surface area contributed by atoms with Crippen LogP contribution in [0.2, 0.25) is 0 Å². The number of ether oxygens (including phenoxy) is 1. The maximum absolute atomic E-state index is 11.5. The van der Waals surface area contributed by atoms with E-state index in [1.807, 2.05) is 32.9 Å². The first-order valence-electron chi connectivity index (χ1n) is 6.65. The van der Waals surface area contributed by atoms with Crippen molar-refractivity contribution in [1.29, 1.82) is 0 Å². The fraction of sp³-hybridized carbons (Fsp3) is 0.533.